The minimum atomic E-state index is -0.0214. The fourth-order valence-electron chi connectivity index (χ4n) is 2.13. The second-order valence-electron chi connectivity index (χ2n) is 4.77. The molecule has 1 aromatic carbocycles. The minimum absolute atomic E-state index is 0.0214. The van der Waals surface area contributed by atoms with E-state index in [0.717, 1.165) is 26.1 Å². The van der Waals surface area contributed by atoms with Crippen LogP contribution in [0.2, 0.25) is 0 Å². The molecule has 0 bridgehead atoms. The Bertz CT molecular complexity index is 442. The fraction of sp³-hybridized carbons (Fsp3) is 0.500. The van der Waals surface area contributed by atoms with Crippen LogP contribution in [-0.2, 0) is 9.53 Å². The SMILES string of the molecule is COc1ccc(N)c(NC(=O)CCC2CCOC2)c1. The molecule has 1 saturated heterocycles. The van der Waals surface area contributed by atoms with Crippen molar-refractivity contribution in [3.8, 4) is 5.75 Å². The first-order chi connectivity index (χ1) is 9.19. The molecule has 1 aliphatic heterocycles. The molecule has 1 fully saturated rings. The Labute approximate surface area is 113 Å². The quantitative estimate of drug-likeness (QED) is 0.798. The molecule has 3 N–H and O–H groups in total. The Morgan fingerprint density at radius 2 is 2.42 bits per heavy atom. The summed E-state index contributed by atoms with van der Waals surface area (Å²) in [5.74, 6) is 1.16. The molecule has 1 aromatic rings. The molecule has 5 heteroatoms. The molecule has 1 aliphatic rings. The first-order valence-electron chi connectivity index (χ1n) is 6.50. The molecule has 5 nitrogen and oxygen atoms in total. The average Bonchev–Trinajstić information content (AvgIpc) is 2.92. The van der Waals surface area contributed by atoms with E-state index in [4.69, 9.17) is 15.2 Å². The van der Waals surface area contributed by atoms with Crippen molar-refractivity contribution in [1.29, 1.82) is 0 Å². The maximum absolute atomic E-state index is 11.9. The molecule has 0 aliphatic carbocycles. The van der Waals surface area contributed by atoms with E-state index in [0.29, 0.717) is 29.5 Å². The van der Waals surface area contributed by atoms with Gasteiger partial charge in [0.25, 0.3) is 0 Å². The van der Waals surface area contributed by atoms with E-state index >= 15 is 0 Å². The highest BCUT2D eigenvalue weighted by molar-refractivity contribution is 5.94. The van der Waals surface area contributed by atoms with Crippen molar-refractivity contribution < 1.29 is 14.3 Å². The standard InChI is InChI=1S/C14H20N2O3/c1-18-11-3-4-12(15)13(8-11)16-14(17)5-2-10-6-7-19-9-10/h3-4,8,10H,2,5-7,9,15H2,1H3,(H,16,17). The van der Waals surface area contributed by atoms with Gasteiger partial charge in [-0.1, -0.05) is 0 Å². The summed E-state index contributed by atoms with van der Waals surface area (Å²) >= 11 is 0. The Kier molecular flexibility index (Phi) is 4.63. The van der Waals surface area contributed by atoms with Crippen molar-refractivity contribution in [2.45, 2.75) is 19.3 Å². The summed E-state index contributed by atoms with van der Waals surface area (Å²) in [5.41, 5.74) is 6.96. The van der Waals surface area contributed by atoms with E-state index in [1.54, 1.807) is 25.3 Å². The van der Waals surface area contributed by atoms with Crippen LogP contribution < -0.4 is 15.8 Å². The molecule has 1 unspecified atom stereocenters. The summed E-state index contributed by atoms with van der Waals surface area (Å²) < 4.78 is 10.4. The van der Waals surface area contributed by atoms with Gasteiger partial charge in [0, 0.05) is 25.7 Å². The monoisotopic (exact) mass is 264 g/mol. The number of rotatable bonds is 5. The number of benzene rings is 1. The van der Waals surface area contributed by atoms with Crippen molar-refractivity contribution in [2.24, 2.45) is 5.92 Å². The molecule has 1 amide bonds. The number of amides is 1. The van der Waals surface area contributed by atoms with Gasteiger partial charge in [0.05, 0.1) is 18.5 Å². The number of nitrogens with two attached hydrogens (primary N) is 1. The first kappa shape index (κ1) is 13.7. The zero-order valence-electron chi connectivity index (χ0n) is 11.1. The van der Waals surface area contributed by atoms with Crippen LogP contribution in [0.25, 0.3) is 0 Å². The number of carbonyl (C=O) groups excluding carboxylic acids is 1. The summed E-state index contributed by atoms with van der Waals surface area (Å²) in [6.07, 6.45) is 2.40. The fourth-order valence-corrected chi connectivity index (χ4v) is 2.13. The first-order valence-corrected chi connectivity index (χ1v) is 6.50. The van der Waals surface area contributed by atoms with E-state index in [1.807, 2.05) is 0 Å². The van der Waals surface area contributed by atoms with Crippen LogP contribution in [0.4, 0.5) is 11.4 Å². The van der Waals surface area contributed by atoms with Crippen LogP contribution in [-0.4, -0.2) is 26.2 Å². The number of carbonyl (C=O) groups is 1. The van der Waals surface area contributed by atoms with Gasteiger partial charge in [-0.15, -0.1) is 0 Å². The van der Waals surface area contributed by atoms with Crippen LogP contribution in [0.3, 0.4) is 0 Å². The topological polar surface area (TPSA) is 73.6 Å². The normalized spacial score (nSPS) is 18.3. The molecule has 0 aromatic heterocycles. The minimum Gasteiger partial charge on any atom is -0.497 e. The molecular weight excluding hydrogens is 244 g/mol. The van der Waals surface area contributed by atoms with Gasteiger partial charge in [0.2, 0.25) is 5.91 Å². The zero-order valence-corrected chi connectivity index (χ0v) is 11.1. The van der Waals surface area contributed by atoms with Crippen LogP contribution in [0.5, 0.6) is 5.75 Å². The van der Waals surface area contributed by atoms with Crippen molar-refractivity contribution in [1.82, 2.24) is 0 Å². The predicted molar refractivity (Wildman–Crippen MR) is 74.2 cm³/mol. The zero-order chi connectivity index (χ0) is 13.7. The van der Waals surface area contributed by atoms with Crippen LogP contribution in [0.1, 0.15) is 19.3 Å². The molecule has 0 spiro atoms. The third-order valence-corrected chi connectivity index (χ3v) is 3.34. The lowest BCUT2D eigenvalue weighted by molar-refractivity contribution is -0.116. The molecule has 104 valence electrons. The largest absolute Gasteiger partial charge is 0.497 e. The van der Waals surface area contributed by atoms with Crippen molar-refractivity contribution in [3.05, 3.63) is 18.2 Å². The maximum atomic E-state index is 11.9. The van der Waals surface area contributed by atoms with E-state index in [9.17, 15) is 4.79 Å². The summed E-state index contributed by atoms with van der Waals surface area (Å²) in [5, 5.41) is 2.82. The summed E-state index contributed by atoms with van der Waals surface area (Å²) in [6, 6.07) is 5.21. The van der Waals surface area contributed by atoms with E-state index < -0.39 is 0 Å². The maximum Gasteiger partial charge on any atom is 0.224 e. The third-order valence-electron chi connectivity index (χ3n) is 3.34. The smallest absolute Gasteiger partial charge is 0.224 e. The summed E-state index contributed by atoms with van der Waals surface area (Å²) in [6.45, 7) is 1.59. The van der Waals surface area contributed by atoms with Gasteiger partial charge >= 0.3 is 0 Å². The Morgan fingerprint density at radius 3 is 3.11 bits per heavy atom. The number of hydrogen-bond donors (Lipinski definition) is 2. The highest BCUT2D eigenvalue weighted by Gasteiger charge is 2.17. The lowest BCUT2D eigenvalue weighted by atomic mass is 10.0. The van der Waals surface area contributed by atoms with Gasteiger partial charge in [-0.05, 0) is 30.9 Å². The second-order valence-corrected chi connectivity index (χ2v) is 4.77. The van der Waals surface area contributed by atoms with E-state index in [2.05, 4.69) is 5.32 Å². The number of methoxy groups -OCH3 is 1. The lowest BCUT2D eigenvalue weighted by Crippen LogP contribution is -2.14. The number of anilines is 2. The van der Waals surface area contributed by atoms with Gasteiger partial charge in [0.1, 0.15) is 5.75 Å². The van der Waals surface area contributed by atoms with Crippen molar-refractivity contribution >= 4 is 17.3 Å². The Morgan fingerprint density at radius 1 is 1.58 bits per heavy atom. The van der Waals surface area contributed by atoms with Gasteiger partial charge in [-0.2, -0.15) is 0 Å². The number of nitrogen functional groups attached to an aromatic ring is 1. The van der Waals surface area contributed by atoms with Gasteiger partial charge < -0.3 is 20.5 Å². The van der Waals surface area contributed by atoms with Gasteiger partial charge in [0.15, 0.2) is 0 Å². The van der Waals surface area contributed by atoms with E-state index in [1.165, 1.54) is 0 Å². The van der Waals surface area contributed by atoms with Crippen LogP contribution in [0.15, 0.2) is 18.2 Å². The molecule has 19 heavy (non-hydrogen) atoms. The Hall–Kier alpha value is -1.75. The molecular formula is C14H20N2O3. The van der Waals surface area contributed by atoms with Crippen molar-refractivity contribution in [3.63, 3.8) is 0 Å². The highest BCUT2D eigenvalue weighted by Crippen LogP contribution is 2.25. The van der Waals surface area contributed by atoms with Gasteiger partial charge in [-0.3, -0.25) is 4.79 Å². The highest BCUT2D eigenvalue weighted by atomic mass is 16.5. The summed E-state index contributed by atoms with van der Waals surface area (Å²) in [7, 11) is 1.58. The van der Waals surface area contributed by atoms with E-state index in [-0.39, 0.29) is 5.91 Å². The van der Waals surface area contributed by atoms with Crippen LogP contribution in [0, 0.1) is 5.92 Å². The number of ether oxygens (including phenoxy) is 2. The number of nitrogens with one attached hydrogen (secondary N) is 1. The number of hydrogen-bond acceptors (Lipinski definition) is 4. The molecule has 0 radical (unpaired) electrons. The van der Waals surface area contributed by atoms with Crippen molar-refractivity contribution in [2.75, 3.05) is 31.4 Å². The van der Waals surface area contributed by atoms with Crippen LogP contribution >= 0.6 is 0 Å². The van der Waals surface area contributed by atoms with Gasteiger partial charge in [-0.25, -0.2) is 0 Å². The summed E-state index contributed by atoms with van der Waals surface area (Å²) in [4.78, 5) is 11.9. The lowest BCUT2D eigenvalue weighted by Gasteiger charge is -2.11. The third kappa shape index (κ3) is 3.86. The molecule has 1 heterocycles. The molecule has 2 rings (SSSR count). The second kappa shape index (κ2) is 6.43. The Balaban J connectivity index is 1.87. The predicted octanol–water partition coefficient (Wildman–Crippen LogP) is 2.03. The average molecular weight is 264 g/mol. The molecule has 1 atom stereocenters. The molecule has 0 saturated carbocycles.